The highest BCUT2D eigenvalue weighted by atomic mass is 19.3. The summed E-state index contributed by atoms with van der Waals surface area (Å²) in [5.41, 5.74) is -0.0524. The number of alkyl halides is 2. The Kier molecular flexibility index (Phi) is 6.86. The molecule has 184 valence electrons. The van der Waals surface area contributed by atoms with E-state index in [4.69, 9.17) is 4.74 Å². The van der Waals surface area contributed by atoms with Gasteiger partial charge in [0.25, 0.3) is 5.92 Å². The van der Waals surface area contributed by atoms with Gasteiger partial charge in [-0.05, 0) is 36.5 Å². The van der Waals surface area contributed by atoms with E-state index in [1.165, 1.54) is 24.5 Å². The van der Waals surface area contributed by atoms with Crippen molar-refractivity contribution in [3.05, 3.63) is 76.5 Å². The number of nitrogens with zero attached hydrogens (tertiary/aromatic N) is 2. The van der Waals surface area contributed by atoms with Gasteiger partial charge in [0.1, 0.15) is 5.82 Å². The third kappa shape index (κ3) is 5.67. The largest absolute Gasteiger partial charge is 0.434 e. The Bertz CT molecular complexity index is 1250. The molecule has 1 aromatic carbocycles. The van der Waals surface area contributed by atoms with Crippen molar-refractivity contribution in [2.24, 2.45) is 11.8 Å². The Hall–Kier alpha value is -3.76. The molecule has 1 amide bonds. The van der Waals surface area contributed by atoms with Gasteiger partial charge in [-0.3, -0.25) is 9.59 Å². The maximum Gasteiger partial charge on any atom is 0.254 e. The summed E-state index contributed by atoms with van der Waals surface area (Å²) in [4.78, 5) is 34.5. The number of halogens is 4. The van der Waals surface area contributed by atoms with E-state index >= 15 is 0 Å². The average Bonchev–Trinajstić information content (AvgIpc) is 2.82. The van der Waals surface area contributed by atoms with Crippen molar-refractivity contribution in [3.63, 3.8) is 0 Å². The first-order valence-corrected chi connectivity index (χ1v) is 10.9. The number of pyridine rings is 1. The van der Waals surface area contributed by atoms with Gasteiger partial charge in [0.15, 0.2) is 17.4 Å². The number of rotatable bonds is 6. The number of carbonyl (C=O) groups is 1. The average molecular weight is 490 g/mol. The normalized spacial score (nSPS) is 20.1. The molecule has 1 aliphatic rings. The van der Waals surface area contributed by atoms with E-state index in [0.29, 0.717) is 11.6 Å². The molecule has 0 unspecified atom stereocenters. The predicted octanol–water partition coefficient (Wildman–Crippen LogP) is 5.03. The maximum absolute atomic E-state index is 14.6. The molecular weight excluding hydrogens is 468 g/mol. The minimum atomic E-state index is -2.95. The highest BCUT2D eigenvalue weighted by Gasteiger charge is 2.47. The number of nitrogens with one attached hydrogen (secondary N) is 2. The van der Waals surface area contributed by atoms with Crippen LogP contribution in [0.3, 0.4) is 0 Å². The Morgan fingerprint density at radius 1 is 1.20 bits per heavy atom. The smallest absolute Gasteiger partial charge is 0.254 e. The SMILES string of the molecule is C[C@@H](C(=O)Nc1cnc(Oc2ccc(F)cc2F)cn1)[C@H]1CCC(F)(F)[C@@H](c2ccc(=O)[nH]c2)C1. The first-order valence-electron chi connectivity index (χ1n) is 10.9. The van der Waals surface area contributed by atoms with Crippen LogP contribution in [0.1, 0.15) is 37.7 Å². The summed E-state index contributed by atoms with van der Waals surface area (Å²) in [7, 11) is 0. The van der Waals surface area contributed by atoms with E-state index in [-0.39, 0.29) is 48.2 Å². The number of benzene rings is 1. The number of aromatic nitrogens is 3. The van der Waals surface area contributed by atoms with Gasteiger partial charge in [-0.15, -0.1) is 0 Å². The molecule has 2 N–H and O–H groups in total. The number of hydrogen-bond donors (Lipinski definition) is 2. The van der Waals surface area contributed by atoms with Gasteiger partial charge < -0.3 is 15.0 Å². The maximum atomic E-state index is 14.6. The van der Waals surface area contributed by atoms with Crippen LogP contribution in [0, 0.1) is 23.5 Å². The Labute approximate surface area is 197 Å². The lowest BCUT2D eigenvalue weighted by molar-refractivity contribution is -0.124. The van der Waals surface area contributed by atoms with E-state index < -0.39 is 35.3 Å². The van der Waals surface area contributed by atoms with Gasteiger partial charge in [-0.25, -0.2) is 27.5 Å². The molecule has 1 saturated carbocycles. The van der Waals surface area contributed by atoms with Crippen molar-refractivity contribution in [3.8, 4) is 11.6 Å². The molecular formula is C24H22F4N4O3. The van der Waals surface area contributed by atoms with Crippen molar-refractivity contribution >= 4 is 11.7 Å². The fourth-order valence-corrected chi connectivity index (χ4v) is 4.18. The fraction of sp³-hybridized carbons (Fsp3) is 0.333. The molecule has 35 heavy (non-hydrogen) atoms. The molecule has 0 aliphatic heterocycles. The monoisotopic (exact) mass is 490 g/mol. The summed E-state index contributed by atoms with van der Waals surface area (Å²) in [6.45, 7) is 1.66. The van der Waals surface area contributed by atoms with Crippen LogP contribution >= 0.6 is 0 Å². The lowest BCUT2D eigenvalue weighted by Crippen LogP contribution is -2.38. The topological polar surface area (TPSA) is 97.0 Å². The van der Waals surface area contributed by atoms with Crippen LogP contribution in [0.25, 0.3) is 0 Å². The fourth-order valence-electron chi connectivity index (χ4n) is 4.18. The molecule has 1 fully saturated rings. The quantitative estimate of drug-likeness (QED) is 0.473. The predicted molar refractivity (Wildman–Crippen MR) is 118 cm³/mol. The molecule has 2 heterocycles. The minimum Gasteiger partial charge on any atom is -0.434 e. The Balaban J connectivity index is 1.39. The molecule has 0 spiro atoms. The summed E-state index contributed by atoms with van der Waals surface area (Å²) >= 11 is 0. The van der Waals surface area contributed by atoms with Crippen LogP contribution in [0.2, 0.25) is 0 Å². The van der Waals surface area contributed by atoms with Gasteiger partial charge in [0.2, 0.25) is 17.3 Å². The molecule has 11 heteroatoms. The Morgan fingerprint density at radius 3 is 2.66 bits per heavy atom. The highest BCUT2D eigenvalue weighted by Crippen LogP contribution is 2.48. The number of amides is 1. The van der Waals surface area contributed by atoms with E-state index in [9.17, 15) is 27.2 Å². The van der Waals surface area contributed by atoms with Crippen molar-refractivity contribution in [2.45, 2.75) is 38.0 Å². The molecule has 0 radical (unpaired) electrons. The van der Waals surface area contributed by atoms with Gasteiger partial charge >= 0.3 is 0 Å². The first kappa shape index (κ1) is 24.4. The number of carbonyl (C=O) groups excluding carboxylic acids is 1. The number of ether oxygens (including phenoxy) is 1. The van der Waals surface area contributed by atoms with Crippen molar-refractivity contribution < 1.29 is 27.1 Å². The van der Waals surface area contributed by atoms with Crippen molar-refractivity contribution in [1.82, 2.24) is 15.0 Å². The van der Waals surface area contributed by atoms with Crippen LogP contribution in [-0.2, 0) is 4.79 Å². The Morgan fingerprint density at radius 2 is 2.00 bits per heavy atom. The second-order valence-electron chi connectivity index (χ2n) is 8.53. The van der Waals surface area contributed by atoms with Gasteiger partial charge in [0.05, 0.1) is 12.4 Å². The zero-order valence-electron chi connectivity index (χ0n) is 18.6. The second kappa shape index (κ2) is 9.85. The van der Waals surface area contributed by atoms with Crippen LogP contribution in [0.5, 0.6) is 11.6 Å². The second-order valence-corrected chi connectivity index (χ2v) is 8.53. The van der Waals surface area contributed by atoms with E-state index in [2.05, 4.69) is 20.3 Å². The summed E-state index contributed by atoms with van der Waals surface area (Å²) < 4.78 is 61.2. The van der Waals surface area contributed by atoms with E-state index in [0.717, 1.165) is 18.3 Å². The molecule has 3 aromatic rings. The van der Waals surface area contributed by atoms with Crippen LogP contribution in [-0.4, -0.2) is 26.8 Å². The van der Waals surface area contributed by atoms with Gasteiger partial charge in [-0.1, -0.05) is 13.0 Å². The van der Waals surface area contributed by atoms with Crippen LogP contribution < -0.4 is 15.6 Å². The number of H-pyrrole nitrogens is 1. The summed E-state index contributed by atoms with van der Waals surface area (Å²) in [6, 6.07) is 5.41. The minimum absolute atomic E-state index is 0.0696. The van der Waals surface area contributed by atoms with Crippen LogP contribution in [0.4, 0.5) is 23.4 Å². The summed E-state index contributed by atoms with van der Waals surface area (Å²) in [5.74, 6) is -7.24. The van der Waals surface area contributed by atoms with Gasteiger partial charge in [-0.2, -0.15) is 0 Å². The summed E-state index contributed by atoms with van der Waals surface area (Å²) in [5, 5.41) is 2.60. The van der Waals surface area contributed by atoms with Crippen LogP contribution in [0.15, 0.2) is 53.7 Å². The number of anilines is 1. The zero-order valence-corrected chi connectivity index (χ0v) is 18.6. The number of hydrogen-bond acceptors (Lipinski definition) is 5. The first-order chi connectivity index (χ1) is 16.6. The lowest BCUT2D eigenvalue weighted by atomic mass is 9.71. The lowest BCUT2D eigenvalue weighted by Gasteiger charge is -2.38. The molecule has 2 aromatic heterocycles. The molecule has 1 aliphatic carbocycles. The molecule has 7 nitrogen and oxygen atoms in total. The van der Waals surface area contributed by atoms with Gasteiger partial charge in [0, 0.05) is 36.6 Å². The van der Waals surface area contributed by atoms with E-state index in [1.807, 2.05) is 0 Å². The standard InChI is InChI=1S/C24H22F4N4O3/c1-13(14-6-7-24(27,28)17(8-14)15-2-5-21(33)30-10-15)23(34)32-20-11-31-22(12-29-20)35-19-4-3-16(25)9-18(19)26/h2-5,9-14,17H,6-8H2,1H3,(H,30,33)(H,29,32,34)/t13-,14+,17-/m1/s1. The highest BCUT2D eigenvalue weighted by molar-refractivity contribution is 5.91. The van der Waals surface area contributed by atoms with Crippen molar-refractivity contribution in [2.75, 3.05) is 5.32 Å². The molecule has 4 rings (SSSR count). The van der Waals surface area contributed by atoms with E-state index in [1.54, 1.807) is 6.92 Å². The molecule has 3 atom stereocenters. The summed E-state index contributed by atoms with van der Waals surface area (Å²) in [6.07, 6.45) is 3.55. The third-order valence-electron chi connectivity index (χ3n) is 6.22. The third-order valence-corrected chi connectivity index (χ3v) is 6.22. The molecule has 0 bridgehead atoms. The zero-order chi connectivity index (χ0) is 25.2. The van der Waals surface area contributed by atoms with Crippen molar-refractivity contribution in [1.29, 1.82) is 0 Å². The molecule has 0 saturated heterocycles. The number of aromatic amines is 1.